The van der Waals surface area contributed by atoms with Crippen molar-refractivity contribution < 1.29 is 14.4 Å². The maximum absolute atomic E-state index is 12.2. The largest absolute Gasteiger partial charge is 0.345 e. The van der Waals surface area contributed by atoms with Gasteiger partial charge in [-0.1, -0.05) is 48.8 Å². The van der Waals surface area contributed by atoms with E-state index in [1.165, 1.54) is 0 Å². The molecule has 0 aliphatic heterocycles. The Hall–Kier alpha value is -2.67. The average molecular weight is 460 g/mol. The number of amides is 3. The molecule has 0 spiro atoms. The topological polar surface area (TPSA) is 87.3 Å². The average Bonchev–Trinajstić information content (AvgIpc) is 2.66. The van der Waals surface area contributed by atoms with Crippen molar-refractivity contribution in [2.75, 3.05) is 18.4 Å². The minimum absolute atomic E-state index is 0.00437. The molecular weight excluding hydrogens is 434 g/mol. The zero-order valence-corrected chi connectivity index (χ0v) is 18.6. The van der Waals surface area contributed by atoms with Crippen molar-refractivity contribution in [3.63, 3.8) is 0 Å². The standard InChI is InChI=1S/C22H26BrN3O3/c1-14-11-17(9-10-18(14)23)26-20(28)13-24-19(27)12-25-21(29)15-5-7-16(8-6-15)22(2,3)4/h5-11H,12-13H2,1-4H3,(H,24,27)(H,25,29)(H,26,28). The molecule has 7 heteroatoms. The van der Waals surface area contributed by atoms with Gasteiger partial charge in [0.25, 0.3) is 5.91 Å². The molecule has 0 saturated carbocycles. The molecule has 0 heterocycles. The van der Waals surface area contributed by atoms with Crippen LogP contribution in [-0.2, 0) is 15.0 Å². The minimum atomic E-state index is -0.438. The molecular formula is C22H26BrN3O3. The first-order valence-electron chi connectivity index (χ1n) is 9.27. The summed E-state index contributed by atoms with van der Waals surface area (Å²) in [6.45, 7) is 7.83. The summed E-state index contributed by atoms with van der Waals surface area (Å²) in [6.07, 6.45) is 0. The Morgan fingerprint density at radius 2 is 1.52 bits per heavy atom. The Morgan fingerprint density at radius 3 is 2.10 bits per heavy atom. The lowest BCUT2D eigenvalue weighted by atomic mass is 9.87. The molecule has 0 fully saturated rings. The highest BCUT2D eigenvalue weighted by atomic mass is 79.9. The molecule has 0 aromatic heterocycles. The van der Waals surface area contributed by atoms with E-state index < -0.39 is 5.91 Å². The van der Waals surface area contributed by atoms with Gasteiger partial charge in [0.2, 0.25) is 11.8 Å². The fraction of sp³-hybridized carbons (Fsp3) is 0.318. The molecule has 0 aliphatic rings. The second kappa shape index (κ2) is 9.69. The van der Waals surface area contributed by atoms with Gasteiger partial charge in [-0.3, -0.25) is 14.4 Å². The fourth-order valence-electron chi connectivity index (χ4n) is 2.55. The van der Waals surface area contributed by atoms with Gasteiger partial charge < -0.3 is 16.0 Å². The van der Waals surface area contributed by atoms with Crippen molar-refractivity contribution in [3.8, 4) is 0 Å². The Bertz CT molecular complexity index is 903. The molecule has 29 heavy (non-hydrogen) atoms. The molecule has 2 aromatic rings. The lowest BCUT2D eigenvalue weighted by molar-refractivity contribution is -0.123. The van der Waals surface area contributed by atoms with Gasteiger partial charge in [-0.2, -0.15) is 0 Å². The molecule has 0 unspecified atom stereocenters. The minimum Gasteiger partial charge on any atom is -0.345 e. The molecule has 0 saturated heterocycles. The van der Waals surface area contributed by atoms with Crippen LogP contribution in [0.3, 0.4) is 0 Å². The van der Waals surface area contributed by atoms with Gasteiger partial charge in [-0.25, -0.2) is 0 Å². The number of nitrogens with one attached hydrogen (secondary N) is 3. The van der Waals surface area contributed by atoms with Gasteiger partial charge in [-0.15, -0.1) is 0 Å². The third kappa shape index (κ3) is 7.02. The van der Waals surface area contributed by atoms with E-state index in [4.69, 9.17) is 0 Å². The fourth-order valence-corrected chi connectivity index (χ4v) is 2.80. The number of hydrogen-bond donors (Lipinski definition) is 3. The number of rotatable bonds is 6. The first-order valence-corrected chi connectivity index (χ1v) is 10.1. The van der Waals surface area contributed by atoms with E-state index in [0.29, 0.717) is 11.3 Å². The maximum atomic E-state index is 12.2. The number of carbonyl (C=O) groups is 3. The molecule has 2 rings (SSSR count). The first kappa shape index (κ1) is 22.6. The van der Waals surface area contributed by atoms with Gasteiger partial charge >= 0.3 is 0 Å². The quantitative estimate of drug-likeness (QED) is 0.617. The van der Waals surface area contributed by atoms with Crippen molar-refractivity contribution in [3.05, 3.63) is 63.6 Å². The first-order chi connectivity index (χ1) is 13.6. The molecule has 6 nitrogen and oxygen atoms in total. The Balaban J connectivity index is 1.76. The summed E-state index contributed by atoms with van der Waals surface area (Å²) < 4.78 is 0.951. The maximum Gasteiger partial charge on any atom is 0.251 e. The second-order valence-corrected chi connectivity index (χ2v) is 8.65. The third-order valence-electron chi connectivity index (χ3n) is 4.31. The zero-order valence-electron chi connectivity index (χ0n) is 17.1. The summed E-state index contributed by atoms with van der Waals surface area (Å²) in [5, 5.41) is 7.76. The van der Waals surface area contributed by atoms with Gasteiger partial charge in [0.1, 0.15) is 0 Å². The molecule has 154 valence electrons. The SMILES string of the molecule is Cc1cc(NC(=O)CNC(=O)CNC(=O)c2ccc(C(C)(C)C)cc2)ccc1Br. The Labute approximate surface area is 179 Å². The van der Waals surface area contributed by atoms with Crippen LogP contribution in [0, 0.1) is 6.92 Å². The summed E-state index contributed by atoms with van der Waals surface area (Å²) in [5.41, 5.74) is 3.25. The van der Waals surface area contributed by atoms with Gasteiger partial charge in [0, 0.05) is 15.7 Å². The predicted octanol–water partition coefficient (Wildman–Crippen LogP) is 3.54. The van der Waals surface area contributed by atoms with E-state index in [2.05, 4.69) is 52.7 Å². The Kier molecular flexibility index (Phi) is 7.56. The highest BCUT2D eigenvalue weighted by Crippen LogP contribution is 2.22. The van der Waals surface area contributed by atoms with Crippen molar-refractivity contribution >= 4 is 39.3 Å². The van der Waals surface area contributed by atoms with Gasteiger partial charge in [0.05, 0.1) is 13.1 Å². The molecule has 2 aromatic carbocycles. The van der Waals surface area contributed by atoms with Crippen molar-refractivity contribution in [1.82, 2.24) is 10.6 Å². The summed E-state index contributed by atoms with van der Waals surface area (Å²) in [5.74, 6) is -1.12. The molecule has 0 radical (unpaired) electrons. The van der Waals surface area contributed by atoms with Crippen molar-refractivity contribution in [2.24, 2.45) is 0 Å². The number of aryl methyl sites for hydroxylation is 1. The summed E-state index contributed by atoms with van der Waals surface area (Å²) >= 11 is 3.40. The number of carbonyl (C=O) groups excluding carboxylic acids is 3. The molecule has 0 atom stereocenters. The van der Waals surface area contributed by atoms with Crippen LogP contribution in [0.25, 0.3) is 0 Å². The molecule has 0 bridgehead atoms. The lowest BCUT2D eigenvalue weighted by Crippen LogP contribution is -2.40. The number of halogens is 1. The normalized spacial score (nSPS) is 10.9. The number of hydrogen-bond acceptors (Lipinski definition) is 3. The zero-order chi connectivity index (χ0) is 21.6. The summed E-state index contributed by atoms with van der Waals surface area (Å²) in [4.78, 5) is 36.0. The van der Waals surface area contributed by atoms with Crippen LogP contribution in [0.4, 0.5) is 5.69 Å². The van der Waals surface area contributed by atoms with E-state index in [-0.39, 0.29) is 30.3 Å². The van der Waals surface area contributed by atoms with E-state index >= 15 is 0 Å². The van der Waals surface area contributed by atoms with Crippen LogP contribution < -0.4 is 16.0 Å². The van der Waals surface area contributed by atoms with Gasteiger partial charge in [-0.05, 0) is 53.8 Å². The third-order valence-corrected chi connectivity index (χ3v) is 5.20. The van der Waals surface area contributed by atoms with E-state index in [9.17, 15) is 14.4 Å². The van der Waals surface area contributed by atoms with Crippen LogP contribution in [0.5, 0.6) is 0 Å². The van der Waals surface area contributed by atoms with Gasteiger partial charge in [0.15, 0.2) is 0 Å². The Morgan fingerprint density at radius 1 is 0.897 bits per heavy atom. The van der Waals surface area contributed by atoms with Crippen LogP contribution in [0.2, 0.25) is 0 Å². The van der Waals surface area contributed by atoms with Crippen LogP contribution >= 0.6 is 15.9 Å². The number of benzene rings is 2. The highest BCUT2D eigenvalue weighted by Gasteiger charge is 2.15. The lowest BCUT2D eigenvalue weighted by Gasteiger charge is -2.19. The van der Waals surface area contributed by atoms with Crippen LogP contribution in [-0.4, -0.2) is 30.8 Å². The molecule has 0 aliphatic carbocycles. The smallest absolute Gasteiger partial charge is 0.251 e. The predicted molar refractivity (Wildman–Crippen MR) is 118 cm³/mol. The van der Waals surface area contributed by atoms with Crippen LogP contribution in [0.1, 0.15) is 42.3 Å². The number of anilines is 1. The van der Waals surface area contributed by atoms with E-state index in [1.54, 1.807) is 18.2 Å². The van der Waals surface area contributed by atoms with E-state index in [0.717, 1.165) is 15.6 Å². The van der Waals surface area contributed by atoms with Crippen LogP contribution in [0.15, 0.2) is 46.9 Å². The monoisotopic (exact) mass is 459 g/mol. The molecule has 3 amide bonds. The second-order valence-electron chi connectivity index (χ2n) is 7.80. The van der Waals surface area contributed by atoms with Crippen molar-refractivity contribution in [2.45, 2.75) is 33.1 Å². The van der Waals surface area contributed by atoms with E-state index in [1.807, 2.05) is 31.2 Å². The summed E-state index contributed by atoms with van der Waals surface area (Å²) in [6, 6.07) is 12.7. The molecule has 3 N–H and O–H groups in total. The highest BCUT2D eigenvalue weighted by molar-refractivity contribution is 9.10. The summed E-state index contributed by atoms with van der Waals surface area (Å²) in [7, 11) is 0. The van der Waals surface area contributed by atoms with Crippen molar-refractivity contribution in [1.29, 1.82) is 0 Å².